The fourth-order valence-corrected chi connectivity index (χ4v) is 2.74. The van der Waals surface area contributed by atoms with Crippen molar-refractivity contribution in [1.82, 2.24) is 15.3 Å². The lowest BCUT2D eigenvalue weighted by molar-refractivity contribution is -0.385. The number of hydrogen-bond donors (Lipinski definition) is 4. The van der Waals surface area contributed by atoms with E-state index in [1.54, 1.807) is 7.05 Å². The third-order valence-electron chi connectivity index (χ3n) is 3.72. The lowest BCUT2D eigenvalue weighted by Crippen LogP contribution is -2.29. The third-order valence-corrected chi connectivity index (χ3v) is 3.72. The van der Waals surface area contributed by atoms with Gasteiger partial charge in [-0.1, -0.05) is 0 Å². The molecular weight excluding hydrogens is 356 g/mol. The maximum Gasteiger partial charge on any atom is 0.314 e. The van der Waals surface area contributed by atoms with Gasteiger partial charge in [0, 0.05) is 17.7 Å². The van der Waals surface area contributed by atoms with E-state index in [4.69, 9.17) is 4.55 Å². The number of rotatable bonds is 2. The summed E-state index contributed by atoms with van der Waals surface area (Å²) in [6.07, 6.45) is 1.82. The number of fused-ring (bicyclic) bond motifs is 3. The van der Waals surface area contributed by atoms with Gasteiger partial charge in [-0.15, -0.1) is 0 Å². The molecule has 136 valence electrons. The van der Waals surface area contributed by atoms with Crippen LogP contribution in [0.5, 0.6) is 0 Å². The Hall–Kier alpha value is -2.57. The van der Waals surface area contributed by atoms with Crippen LogP contribution in [0.2, 0.25) is 0 Å². The maximum atomic E-state index is 11.5. The summed E-state index contributed by atoms with van der Waals surface area (Å²) in [5, 5.41) is 14.3. The molecule has 11 nitrogen and oxygen atoms in total. The summed E-state index contributed by atoms with van der Waals surface area (Å²) in [5.74, 6) is 0. The van der Waals surface area contributed by atoms with Gasteiger partial charge < -0.3 is 15.3 Å². The standard InChI is InChI=1S/C12H12N4O4.CH4O3S/c1-13-5-2-6-7(3-5)10-8(4-9(6)16(19)20)14-11(17)12(18)15-10;1-5(2,3)4/h4-5,13H,2-3H2,1H3,(H,14,17)(H,15,18);1H3,(H,2,3,4). The van der Waals surface area contributed by atoms with Gasteiger partial charge in [0.2, 0.25) is 0 Å². The van der Waals surface area contributed by atoms with E-state index in [1.165, 1.54) is 6.07 Å². The molecule has 25 heavy (non-hydrogen) atoms. The zero-order valence-corrected chi connectivity index (χ0v) is 14.1. The number of aromatic amines is 2. The van der Waals surface area contributed by atoms with Crippen LogP contribution in [0.15, 0.2) is 15.7 Å². The van der Waals surface area contributed by atoms with Crippen molar-refractivity contribution in [3.05, 3.63) is 48.0 Å². The smallest absolute Gasteiger partial charge is 0.314 e. The van der Waals surface area contributed by atoms with Crippen molar-refractivity contribution in [2.75, 3.05) is 13.3 Å². The van der Waals surface area contributed by atoms with Crippen molar-refractivity contribution >= 4 is 26.8 Å². The van der Waals surface area contributed by atoms with Gasteiger partial charge in [0.05, 0.1) is 22.2 Å². The van der Waals surface area contributed by atoms with Crippen molar-refractivity contribution in [3.63, 3.8) is 0 Å². The van der Waals surface area contributed by atoms with Crippen molar-refractivity contribution in [3.8, 4) is 0 Å². The van der Waals surface area contributed by atoms with E-state index in [-0.39, 0.29) is 17.2 Å². The first-order valence-electron chi connectivity index (χ1n) is 7.06. The van der Waals surface area contributed by atoms with Crippen molar-refractivity contribution in [2.24, 2.45) is 0 Å². The Kier molecular flexibility index (Phi) is 5.06. The number of likely N-dealkylation sites (N-methyl/N-ethyl adjacent to an activating group) is 1. The minimum atomic E-state index is -3.67. The quantitative estimate of drug-likeness (QED) is 0.232. The number of aromatic nitrogens is 2. The summed E-state index contributed by atoms with van der Waals surface area (Å²) in [6.45, 7) is 0. The topological polar surface area (TPSA) is 175 Å². The molecule has 1 aliphatic rings. The van der Waals surface area contributed by atoms with Crippen LogP contribution >= 0.6 is 0 Å². The predicted octanol–water partition coefficient (Wildman–Crippen LogP) is -0.685. The minimum Gasteiger partial charge on any atom is -0.316 e. The number of nitro groups is 1. The molecule has 0 radical (unpaired) electrons. The van der Waals surface area contributed by atoms with E-state index in [0.717, 1.165) is 5.56 Å². The van der Waals surface area contributed by atoms with Crippen LogP contribution in [0.4, 0.5) is 5.69 Å². The summed E-state index contributed by atoms with van der Waals surface area (Å²) < 4.78 is 25.9. The zero-order valence-electron chi connectivity index (χ0n) is 13.3. The van der Waals surface area contributed by atoms with Crippen LogP contribution in [0.3, 0.4) is 0 Å². The molecule has 0 saturated heterocycles. The number of nitro benzene ring substituents is 1. The van der Waals surface area contributed by atoms with Crippen molar-refractivity contribution < 1.29 is 17.9 Å². The van der Waals surface area contributed by atoms with Gasteiger partial charge >= 0.3 is 11.1 Å². The van der Waals surface area contributed by atoms with Gasteiger partial charge in [-0.25, -0.2) is 0 Å². The second kappa shape index (κ2) is 6.74. The van der Waals surface area contributed by atoms with Crippen molar-refractivity contribution in [2.45, 2.75) is 18.9 Å². The van der Waals surface area contributed by atoms with Crippen LogP contribution in [0.25, 0.3) is 11.0 Å². The van der Waals surface area contributed by atoms with E-state index in [9.17, 15) is 28.1 Å². The van der Waals surface area contributed by atoms with Crippen LogP contribution in [-0.2, 0) is 23.0 Å². The molecule has 0 fully saturated rings. The molecule has 1 aromatic carbocycles. The molecule has 0 bridgehead atoms. The number of benzene rings is 1. The number of nitrogens with zero attached hydrogens (tertiary/aromatic N) is 1. The highest BCUT2D eigenvalue weighted by atomic mass is 32.2. The fourth-order valence-electron chi connectivity index (χ4n) is 2.74. The van der Waals surface area contributed by atoms with Gasteiger partial charge in [0.25, 0.3) is 15.8 Å². The molecule has 0 saturated carbocycles. The van der Waals surface area contributed by atoms with E-state index < -0.39 is 26.2 Å². The molecule has 4 N–H and O–H groups in total. The molecule has 12 heteroatoms. The average Bonchev–Trinajstić information content (AvgIpc) is 2.90. The Morgan fingerprint density at radius 1 is 1.24 bits per heavy atom. The molecule has 1 heterocycles. The third kappa shape index (κ3) is 4.29. The SMILES string of the molecule is CNC1Cc2c([N+](=O)[O-])cc3[nH]c(=O)c(=O)[nH]c3c2C1.CS(=O)(=O)O. The first-order valence-corrected chi connectivity index (χ1v) is 8.91. The molecule has 1 aliphatic carbocycles. The van der Waals surface area contributed by atoms with Gasteiger partial charge in [0.15, 0.2) is 0 Å². The van der Waals surface area contributed by atoms with Crippen LogP contribution in [0.1, 0.15) is 11.1 Å². The van der Waals surface area contributed by atoms with E-state index in [2.05, 4.69) is 15.3 Å². The molecular formula is C13H16N4O7S. The molecule has 0 amide bonds. The average molecular weight is 372 g/mol. The molecule has 3 rings (SSSR count). The van der Waals surface area contributed by atoms with E-state index in [1.807, 2.05) is 0 Å². The fraction of sp³-hybridized carbons (Fsp3) is 0.385. The van der Waals surface area contributed by atoms with E-state index >= 15 is 0 Å². The predicted molar refractivity (Wildman–Crippen MR) is 89.6 cm³/mol. The normalized spacial score (nSPS) is 16.2. The number of H-pyrrole nitrogens is 2. The Morgan fingerprint density at radius 2 is 1.76 bits per heavy atom. The molecule has 1 atom stereocenters. The first kappa shape index (κ1) is 18.8. The summed E-state index contributed by atoms with van der Waals surface area (Å²) in [5.41, 5.74) is 0.528. The summed E-state index contributed by atoms with van der Waals surface area (Å²) in [6, 6.07) is 1.40. The highest BCUT2D eigenvalue weighted by Crippen LogP contribution is 2.34. The van der Waals surface area contributed by atoms with Gasteiger partial charge in [-0.3, -0.25) is 24.3 Å². The largest absolute Gasteiger partial charge is 0.316 e. The first-order chi connectivity index (χ1) is 11.5. The summed E-state index contributed by atoms with van der Waals surface area (Å²) >= 11 is 0. The van der Waals surface area contributed by atoms with Gasteiger partial charge in [0.1, 0.15) is 0 Å². The highest BCUT2D eigenvalue weighted by molar-refractivity contribution is 7.85. The van der Waals surface area contributed by atoms with Crippen molar-refractivity contribution in [1.29, 1.82) is 0 Å². The lowest BCUT2D eigenvalue weighted by Gasteiger charge is -2.05. The van der Waals surface area contributed by atoms with E-state index in [0.29, 0.717) is 30.2 Å². The number of hydrogen-bond acceptors (Lipinski definition) is 7. The van der Waals surface area contributed by atoms with Crippen LogP contribution < -0.4 is 16.4 Å². The second-order valence-electron chi connectivity index (χ2n) is 5.57. The van der Waals surface area contributed by atoms with Gasteiger partial charge in [-0.2, -0.15) is 8.42 Å². The molecule has 1 aromatic heterocycles. The zero-order chi connectivity index (χ0) is 18.9. The summed E-state index contributed by atoms with van der Waals surface area (Å²) in [7, 11) is -1.88. The Balaban J connectivity index is 0.000000399. The maximum absolute atomic E-state index is 11.5. The summed E-state index contributed by atoms with van der Waals surface area (Å²) in [4.78, 5) is 38.4. The van der Waals surface area contributed by atoms with Crippen LogP contribution in [0, 0.1) is 10.1 Å². The monoisotopic (exact) mass is 372 g/mol. The lowest BCUT2D eigenvalue weighted by atomic mass is 10.1. The molecule has 0 spiro atoms. The molecule has 2 aromatic rings. The second-order valence-corrected chi connectivity index (χ2v) is 7.03. The Labute approximate surface area is 141 Å². The Bertz CT molecular complexity index is 1050. The van der Waals surface area contributed by atoms with Gasteiger partial charge in [-0.05, 0) is 25.5 Å². The minimum absolute atomic E-state index is 0.0204. The highest BCUT2D eigenvalue weighted by Gasteiger charge is 2.30. The number of nitrogens with one attached hydrogen (secondary N) is 3. The molecule has 0 aliphatic heterocycles. The Morgan fingerprint density at radius 3 is 2.28 bits per heavy atom. The molecule has 1 unspecified atom stereocenters. The van der Waals surface area contributed by atoms with Crippen LogP contribution in [-0.4, -0.2) is 47.2 Å².